The zero-order valence-electron chi connectivity index (χ0n) is 12.8. The van der Waals surface area contributed by atoms with E-state index < -0.39 is 0 Å². The first-order valence-electron chi connectivity index (χ1n) is 7.93. The Hall–Kier alpha value is -1.75. The maximum absolute atomic E-state index is 12.5. The lowest BCUT2D eigenvalue weighted by Gasteiger charge is -2.15. The quantitative estimate of drug-likeness (QED) is 0.872. The number of hydrogen-bond donors (Lipinski definition) is 1. The molecule has 0 aromatic carbocycles. The molecule has 2 aromatic rings. The molecule has 2 heterocycles. The molecule has 1 fully saturated rings. The van der Waals surface area contributed by atoms with Gasteiger partial charge in [0, 0.05) is 24.0 Å². The Labute approximate surface area is 135 Å². The Balaban J connectivity index is 1.74. The van der Waals surface area contributed by atoms with Gasteiger partial charge >= 0.3 is 0 Å². The minimum atomic E-state index is 0.0298. The van der Waals surface area contributed by atoms with Crippen molar-refractivity contribution in [2.45, 2.75) is 51.5 Å². The van der Waals surface area contributed by atoms with Gasteiger partial charge in [0.2, 0.25) is 0 Å². The molecule has 0 atom stereocenters. The van der Waals surface area contributed by atoms with E-state index in [1.54, 1.807) is 12.4 Å². The van der Waals surface area contributed by atoms with Crippen molar-refractivity contribution in [3.63, 3.8) is 0 Å². The van der Waals surface area contributed by atoms with Crippen molar-refractivity contribution in [2.75, 3.05) is 0 Å². The van der Waals surface area contributed by atoms with Gasteiger partial charge in [-0.25, -0.2) is 4.98 Å². The topological polar surface area (TPSA) is 54.9 Å². The van der Waals surface area contributed by atoms with Gasteiger partial charge in [0.15, 0.2) is 0 Å². The Bertz CT molecular complexity index is 631. The number of amides is 1. The van der Waals surface area contributed by atoms with Crippen LogP contribution in [0.3, 0.4) is 0 Å². The Kier molecular flexibility index (Phi) is 4.83. The molecular formula is C17H21N3OS. The van der Waals surface area contributed by atoms with Crippen molar-refractivity contribution in [1.29, 1.82) is 0 Å². The van der Waals surface area contributed by atoms with Gasteiger partial charge in [-0.2, -0.15) is 0 Å². The molecule has 2 aromatic heterocycles. The van der Waals surface area contributed by atoms with Crippen LogP contribution in [0.25, 0.3) is 10.6 Å². The fourth-order valence-corrected chi connectivity index (χ4v) is 3.87. The fourth-order valence-electron chi connectivity index (χ4n) is 2.90. The van der Waals surface area contributed by atoms with E-state index in [4.69, 9.17) is 0 Å². The third kappa shape index (κ3) is 3.53. The number of nitrogens with zero attached hydrogens (tertiary/aromatic N) is 2. The number of carbonyl (C=O) groups is 1. The van der Waals surface area contributed by atoms with Gasteiger partial charge in [-0.05, 0) is 31.9 Å². The van der Waals surface area contributed by atoms with E-state index in [0.717, 1.165) is 34.0 Å². The van der Waals surface area contributed by atoms with Gasteiger partial charge in [0.1, 0.15) is 9.88 Å². The first-order chi connectivity index (χ1) is 10.7. The van der Waals surface area contributed by atoms with Crippen molar-refractivity contribution in [3.8, 4) is 10.6 Å². The summed E-state index contributed by atoms with van der Waals surface area (Å²) in [5, 5.41) is 4.08. The second-order valence-electron chi connectivity index (χ2n) is 5.83. The van der Waals surface area contributed by atoms with Gasteiger partial charge in [0.25, 0.3) is 5.91 Å². The molecule has 3 rings (SSSR count). The van der Waals surface area contributed by atoms with E-state index in [-0.39, 0.29) is 5.91 Å². The molecule has 0 unspecified atom stereocenters. The van der Waals surface area contributed by atoms with Gasteiger partial charge in [-0.1, -0.05) is 25.7 Å². The van der Waals surface area contributed by atoms with Crippen molar-refractivity contribution in [3.05, 3.63) is 35.1 Å². The minimum absolute atomic E-state index is 0.0298. The lowest BCUT2D eigenvalue weighted by Crippen LogP contribution is -2.34. The fraction of sp³-hybridized carbons (Fsp3) is 0.471. The summed E-state index contributed by atoms with van der Waals surface area (Å²) in [4.78, 5) is 21.8. The molecule has 4 nitrogen and oxygen atoms in total. The molecule has 0 aliphatic heterocycles. The summed E-state index contributed by atoms with van der Waals surface area (Å²) in [6, 6.07) is 4.16. The van der Waals surface area contributed by atoms with E-state index >= 15 is 0 Å². The second-order valence-corrected chi connectivity index (χ2v) is 6.83. The number of nitrogens with one attached hydrogen (secondary N) is 1. The van der Waals surface area contributed by atoms with Crippen LogP contribution in [0.4, 0.5) is 0 Å². The summed E-state index contributed by atoms with van der Waals surface area (Å²) in [7, 11) is 0. The van der Waals surface area contributed by atoms with E-state index in [9.17, 15) is 4.79 Å². The highest BCUT2D eigenvalue weighted by Gasteiger charge is 2.20. The zero-order chi connectivity index (χ0) is 15.4. The first kappa shape index (κ1) is 15.2. The Morgan fingerprint density at radius 1 is 1.18 bits per heavy atom. The van der Waals surface area contributed by atoms with Crippen LogP contribution in [-0.2, 0) is 0 Å². The average Bonchev–Trinajstić information content (AvgIpc) is 2.75. The number of rotatable bonds is 3. The van der Waals surface area contributed by atoms with Crippen LogP contribution < -0.4 is 5.32 Å². The molecule has 1 saturated carbocycles. The van der Waals surface area contributed by atoms with Gasteiger partial charge in [0.05, 0.1) is 5.69 Å². The summed E-state index contributed by atoms with van der Waals surface area (Å²) in [6.45, 7) is 1.91. The molecule has 116 valence electrons. The van der Waals surface area contributed by atoms with Crippen molar-refractivity contribution >= 4 is 17.2 Å². The predicted molar refractivity (Wildman–Crippen MR) is 89.0 cm³/mol. The van der Waals surface area contributed by atoms with Crippen LogP contribution in [-0.4, -0.2) is 21.9 Å². The molecule has 5 heteroatoms. The van der Waals surface area contributed by atoms with Gasteiger partial charge in [-0.3, -0.25) is 9.78 Å². The molecule has 0 radical (unpaired) electrons. The number of thiazole rings is 1. The summed E-state index contributed by atoms with van der Waals surface area (Å²) in [6.07, 6.45) is 10.7. The maximum atomic E-state index is 12.5. The van der Waals surface area contributed by atoms with Gasteiger partial charge in [-0.15, -0.1) is 11.3 Å². The number of carbonyl (C=O) groups excluding carboxylic acids is 1. The molecule has 0 saturated heterocycles. The highest BCUT2D eigenvalue weighted by atomic mass is 32.1. The maximum Gasteiger partial charge on any atom is 0.263 e. The lowest BCUT2D eigenvalue weighted by molar-refractivity contribution is 0.0936. The highest BCUT2D eigenvalue weighted by Crippen LogP contribution is 2.28. The monoisotopic (exact) mass is 315 g/mol. The van der Waals surface area contributed by atoms with E-state index in [1.165, 1.54) is 37.0 Å². The largest absolute Gasteiger partial charge is 0.349 e. The standard InChI is InChI=1S/C17H21N3OS/c1-12-15(16(21)20-14-6-4-2-3-5-7-14)22-17(19-12)13-8-10-18-11-9-13/h8-11,14H,2-7H2,1H3,(H,20,21). The number of aryl methyl sites for hydroxylation is 1. The summed E-state index contributed by atoms with van der Waals surface area (Å²) in [5.74, 6) is 0.0298. The number of pyridine rings is 1. The molecule has 1 aliphatic rings. The predicted octanol–water partition coefficient (Wildman–Crippen LogP) is 3.97. The molecular weight excluding hydrogens is 294 g/mol. The Morgan fingerprint density at radius 3 is 2.55 bits per heavy atom. The summed E-state index contributed by atoms with van der Waals surface area (Å²) >= 11 is 1.46. The molecule has 1 amide bonds. The summed E-state index contributed by atoms with van der Waals surface area (Å²) < 4.78 is 0. The lowest BCUT2D eigenvalue weighted by atomic mass is 10.1. The van der Waals surface area contributed by atoms with Crippen LogP contribution in [0.15, 0.2) is 24.5 Å². The van der Waals surface area contributed by atoms with Crippen LogP contribution in [0.2, 0.25) is 0 Å². The molecule has 1 N–H and O–H groups in total. The third-order valence-electron chi connectivity index (χ3n) is 4.12. The number of aromatic nitrogens is 2. The highest BCUT2D eigenvalue weighted by molar-refractivity contribution is 7.17. The zero-order valence-corrected chi connectivity index (χ0v) is 13.7. The molecule has 1 aliphatic carbocycles. The van der Waals surface area contributed by atoms with Crippen molar-refractivity contribution in [2.24, 2.45) is 0 Å². The van der Waals surface area contributed by atoms with Crippen LogP contribution in [0.1, 0.15) is 53.9 Å². The molecule has 0 bridgehead atoms. The first-order valence-corrected chi connectivity index (χ1v) is 8.74. The van der Waals surface area contributed by atoms with Crippen molar-refractivity contribution in [1.82, 2.24) is 15.3 Å². The SMILES string of the molecule is Cc1nc(-c2ccncc2)sc1C(=O)NC1CCCCCC1. The average molecular weight is 315 g/mol. The normalized spacial score (nSPS) is 16.2. The van der Waals surface area contributed by atoms with Crippen LogP contribution >= 0.6 is 11.3 Å². The summed E-state index contributed by atoms with van der Waals surface area (Å²) in [5.41, 5.74) is 1.82. The second kappa shape index (κ2) is 7.01. The van der Waals surface area contributed by atoms with Crippen molar-refractivity contribution < 1.29 is 4.79 Å². The minimum Gasteiger partial charge on any atom is -0.349 e. The third-order valence-corrected chi connectivity index (χ3v) is 5.33. The van der Waals surface area contributed by atoms with Crippen LogP contribution in [0, 0.1) is 6.92 Å². The van der Waals surface area contributed by atoms with Gasteiger partial charge < -0.3 is 5.32 Å². The molecule has 0 spiro atoms. The smallest absolute Gasteiger partial charge is 0.263 e. The molecule has 22 heavy (non-hydrogen) atoms. The van der Waals surface area contributed by atoms with E-state index in [2.05, 4.69) is 15.3 Å². The Morgan fingerprint density at radius 2 is 1.86 bits per heavy atom. The van der Waals surface area contributed by atoms with E-state index in [0.29, 0.717) is 6.04 Å². The number of hydrogen-bond acceptors (Lipinski definition) is 4. The van der Waals surface area contributed by atoms with Crippen LogP contribution in [0.5, 0.6) is 0 Å². The van der Waals surface area contributed by atoms with E-state index in [1.807, 2.05) is 19.1 Å².